The van der Waals surface area contributed by atoms with Crippen LogP contribution in [0.15, 0.2) is 84.9 Å². The number of hydrogen-bond acceptors (Lipinski definition) is 6. The molecule has 7 heteroatoms. The molecule has 0 amide bonds. The number of ketones is 1. The van der Waals surface area contributed by atoms with Gasteiger partial charge >= 0.3 is 0 Å². The first-order valence-corrected chi connectivity index (χ1v) is 10.2. The van der Waals surface area contributed by atoms with Crippen molar-refractivity contribution in [2.75, 3.05) is 0 Å². The summed E-state index contributed by atoms with van der Waals surface area (Å²) in [5.74, 6) is 1.25. The van der Waals surface area contributed by atoms with Gasteiger partial charge in [-0.15, -0.1) is 5.10 Å². The van der Waals surface area contributed by atoms with Gasteiger partial charge in [0, 0.05) is 22.9 Å². The first-order valence-electron chi connectivity index (χ1n) is 10.2. The Kier molecular flexibility index (Phi) is 5.36. The molecule has 32 heavy (non-hydrogen) atoms. The van der Waals surface area contributed by atoms with Gasteiger partial charge in [0.25, 0.3) is 0 Å². The van der Waals surface area contributed by atoms with E-state index in [4.69, 9.17) is 4.74 Å². The molecular weight excluding hydrogens is 402 g/mol. The maximum absolute atomic E-state index is 12.8. The van der Waals surface area contributed by atoms with E-state index in [2.05, 4.69) is 25.6 Å². The van der Waals surface area contributed by atoms with Crippen molar-refractivity contribution in [3.8, 4) is 17.1 Å². The fourth-order valence-corrected chi connectivity index (χ4v) is 3.45. The van der Waals surface area contributed by atoms with E-state index in [0.29, 0.717) is 30.2 Å². The highest BCUT2D eigenvalue weighted by molar-refractivity contribution is 5.97. The summed E-state index contributed by atoms with van der Waals surface area (Å²) in [5, 5.41) is 14.8. The van der Waals surface area contributed by atoms with Gasteiger partial charge in [0.15, 0.2) is 11.6 Å². The zero-order valence-corrected chi connectivity index (χ0v) is 17.1. The Balaban J connectivity index is 1.24. The molecule has 2 heterocycles. The van der Waals surface area contributed by atoms with Gasteiger partial charge in [-0.05, 0) is 40.3 Å². The second-order valence-electron chi connectivity index (χ2n) is 7.36. The Morgan fingerprint density at radius 1 is 0.906 bits per heavy atom. The van der Waals surface area contributed by atoms with E-state index in [0.717, 1.165) is 27.7 Å². The van der Waals surface area contributed by atoms with Gasteiger partial charge in [-0.3, -0.25) is 4.79 Å². The molecule has 5 rings (SSSR count). The van der Waals surface area contributed by atoms with Crippen LogP contribution in [0.2, 0.25) is 0 Å². The van der Waals surface area contributed by atoms with Gasteiger partial charge < -0.3 is 4.74 Å². The smallest absolute Gasteiger partial charge is 0.179 e. The summed E-state index contributed by atoms with van der Waals surface area (Å²) in [6, 6.07) is 26.8. The quantitative estimate of drug-likeness (QED) is 0.391. The monoisotopic (exact) mass is 421 g/mol. The molecule has 0 atom stereocenters. The van der Waals surface area contributed by atoms with Crippen LogP contribution in [-0.2, 0) is 13.0 Å². The molecule has 0 aliphatic rings. The van der Waals surface area contributed by atoms with Crippen molar-refractivity contribution in [3.05, 3.63) is 102 Å². The lowest BCUT2D eigenvalue weighted by molar-refractivity contribution is 0.0992. The number of aromatic amines is 1. The molecular formula is C25H19N5O2. The zero-order chi connectivity index (χ0) is 21.8. The predicted molar refractivity (Wildman–Crippen MR) is 120 cm³/mol. The van der Waals surface area contributed by atoms with Crippen LogP contribution in [0.4, 0.5) is 0 Å². The average Bonchev–Trinajstić information content (AvgIpc) is 3.38. The van der Waals surface area contributed by atoms with E-state index in [1.54, 1.807) is 12.1 Å². The molecule has 0 saturated heterocycles. The molecule has 7 nitrogen and oxygen atoms in total. The first kappa shape index (κ1) is 19.6. The van der Waals surface area contributed by atoms with E-state index in [-0.39, 0.29) is 5.78 Å². The summed E-state index contributed by atoms with van der Waals surface area (Å²) >= 11 is 0. The molecule has 0 fully saturated rings. The maximum Gasteiger partial charge on any atom is 0.179 e. The molecule has 0 radical (unpaired) electrons. The number of Topliss-reactive ketones (excluding diaryl/α,β-unsaturated/α-hetero) is 1. The van der Waals surface area contributed by atoms with E-state index >= 15 is 0 Å². The summed E-state index contributed by atoms with van der Waals surface area (Å²) in [7, 11) is 0. The number of carbonyl (C=O) groups excluding carboxylic acids is 1. The Labute approximate surface area is 184 Å². The van der Waals surface area contributed by atoms with Crippen molar-refractivity contribution in [3.63, 3.8) is 0 Å². The average molecular weight is 421 g/mol. The first-order chi connectivity index (χ1) is 15.7. The minimum absolute atomic E-state index is 0.0216. The topological polar surface area (TPSA) is 93.7 Å². The third kappa shape index (κ3) is 4.37. The number of benzene rings is 3. The lowest BCUT2D eigenvalue weighted by Gasteiger charge is -2.08. The highest BCUT2D eigenvalue weighted by Crippen LogP contribution is 2.19. The van der Waals surface area contributed by atoms with Crippen LogP contribution in [0.25, 0.3) is 22.3 Å². The Bertz CT molecular complexity index is 1370. The van der Waals surface area contributed by atoms with Gasteiger partial charge in [-0.2, -0.15) is 0 Å². The number of fused-ring (bicyclic) bond motifs is 1. The van der Waals surface area contributed by atoms with Crippen molar-refractivity contribution in [2.45, 2.75) is 13.0 Å². The van der Waals surface area contributed by atoms with Crippen molar-refractivity contribution in [2.24, 2.45) is 0 Å². The van der Waals surface area contributed by atoms with E-state index in [1.165, 1.54) is 0 Å². The number of pyridine rings is 1. The lowest BCUT2D eigenvalue weighted by atomic mass is 10.0. The fourth-order valence-electron chi connectivity index (χ4n) is 3.45. The van der Waals surface area contributed by atoms with Crippen LogP contribution in [0, 0.1) is 0 Å². The lowest BCUT2D eigenvalue weighted by Crippen LogP contribution is -2.04. The second kappa shape index (κ2) is 8.77. The van der Waals surface area contributed by atoms with Crippen molar-refractivity contribution in [1.82, 2.24) is 25.6 Å². The molecule has 2 aromatic heterocycles. The number of nitrogens with zero attached hydrogens (tertiary/aromatic N) is 4. The molecule has 0 unspecified atom stereocenters. The summed E-state index contributed by atoms with van der Waals surface area (Å²) in [4.78, 5) is 17.4. The van der Waals surface area contributed by atoms with Crippen LogP contribution in [0.1, 0.15) is 21.6 Å². The van der Waals surface area contributed by atoms with Gasteiger partial charge in [0.05, 0.1) is 11.2 Å². The number of tetrazole rings is 1. The van der Waals surface area contributed by atoms with Crippen LogP contribution in [-0.4, -0.2) is 31.4 Å². The predicted octanol–water partition coefficient (Wildman–Crippen LogP) is 4.42. The highest BCUT2D eigenvalue weighted by atomic mass is 16.5. The summed E-state index contributed by atoms with van der Waals surface area (Å²) < 4.78 is 5.90. The number of aromatic nitrogens is 5. The van der Waals surface area contributed by atoms with E-state index < -0.39 is 0 Å². The van der Waals surface area contributed by atoms with Gasteiger partial charge in [0.2, 0.25) is 0 Å². The number of hydrogen-bond donors (Lipinski definition) is 1. The summed E-state index contributed by atoms with van der Waals surface area (Å²) in [5.41, 5.74) is 4.16. The minimum atomic E-state index is 0.0216. The number of H-pyrrole nitrogens is 1. The SMILES string of the molecule is O=C(Cc1ccc(-c2nnn[nH]2)cc1)c1cccc(OCc2ccc3ccccc3n2)c1. The maximum atomic E-state index is 12.8. The Hall–Kier alpha value is -4.39. The Morgan fingerprint density at radius 2 is 1.78 bits per heavy atom. The van der Waals surface area contributed by atoms with Crippen molar-refractivity contribution < 1.29 is 9.53 Å². The Morgan fingerprint density at radius 3 is 2.62 bits per heavy atom. The number of carbonyl (C=O) groups is 1. The summed E-state index contributed by atoms with van der Waals surface area (Å²) in [6.45, 7) is 0.334. The third-order valence-corrected chi connectivity index (χ3v) is 5.14. The number of nitrogens with one attached hydrogen (secondary N) is 1. The van der Waals surface area contributed by atoms with Gasteiger partial charge in [-0.25, -0.2) is 10.1 Å². The van der Waals surface area contributed by atoms with Crippen LogP contribution < -0.4 is 4.74 Å². The largest absolute Gasteiger partial charge is 0.487 e. The molecule has 1 N–H and O–H groups in total. The third-order valence-electron chi connectivity index (χ3n) is 5.14. The molecule has 0 bridgehead atoms. The number of rotatable bonds is 7. The van der Waals surface area contributed by atoms with E-state index in [9.17, 15) is 4.79 Å². The van der Waals surface area contributed by atoms with Crippen molar-refractivity contribution >= 4 is 16.7 Å². The normalized spacial score (nSPS) is 10.9. The molecule has 156 valence electrons. The van der Waals surface area contributed by atoms with Crippen LogP contribution in [0.5, 0.6) is 5.75 Å². The summed E-state index contributed by atoms with van der Waals surface area (Å²) in [6.07, 6.45) is 0.296. The molecule has 0 aliphatic heterocycles. The fraction of sp³-hybridized carbons (Fsp3) is 0.0800. The van der Waals surface area contributed by atoms with Crippen LogP contribution >= 0.6 is 0 Å². The van der Waals surface area contributed by atoms with Gasteiger partial charge in [-0.1, -0.05) is 60.7 Å². The van der Waals surface area contributed by atoms with E-state index in [1.807, 2.05) is 72.8 Å². The molecule has 0 saturated carbocycles. The highest BCUT2D eigenvalue weighted by Gasteiger charge is 2.10. The molecule has 0 spiro atoms. The molecule has 3 aromatic carbocycles. The molecule has 5 aromatic rings. The second-order valence-corrected chi connectivity index (χ2v) is 7.36. The standard InChI is InChI=1S/C25H19N5O2/c31-24(14-17-8-10-19(11-9-17)25-27-29-30-28-25)20-5-3-6-22(15-20)32-16-21-13-12-18-4-1-2-7-23(18)26-21/h1-13,15H,14,16H2,(H,27,28,29,30). The van der Waals surface area contributed by atoms with Gasteiger partial charge in [0.1, 0.15) is 12.4 Å². The number of para-hydroxylation sites is 1. The van der Waals surface area contributed by atoms with Crippen LogP contribution in [0.3, 0.4) is 0 Å². The van der Waals surface area contributed by atoms with Crippen molar-refractivity contribution in [1.29, 1.82) is 0 Å². The minimum Gasteiger partial charge on any atom is -0.487 e. The molecule has 0 aliphatic carbocycles. The number of ether oxygens (including phenoxy) is 1. The zero-order valence-electron chi connectivity index (χ0n) is 17.1.